The van der Waals surface area contributed by atoms with Gasteiger partial charge in [0.2, 0.25) is 0 Å². The summed E-state index contributed by atoms with van der Waals surface area (Å²) in [7, 11) is 0. The quantitative estimate of drug-likeness (QED) is 0.149. The van der Waals surface area contributed by atoms with Crippen molar-refractivity contribution in [2.75, 3.05) is 13.2 Å². The first-order valence-electron chi connectivity index (χ1n) is 10.8. The van der Waals surface area contributed by atoms with E-state index in [0.29, 0.717) is 24.3 Å². The van der Waals surface area contributed by atoms with Crippen LogP contribution < -0.4 is 0 Å². The van der Waals surface area contributed by atoms with Crippen LogP contribution in [0, 0.1) is 0 Å². The second kappa shape index (κ2) is 12.6. The third kappa shape index (κ3) is 6.94. The second-order valence-corrected chi connectivity index (χ2v) is 7.70. The monoisotopic (exact) mass is 562 g/mol. The van der Waals surface area contributed by atoms with E-state index in [2.05, 4.69) is 0 Å². The van der Waals surface area contributed by atoms with Gasteiger partial charge in [0.25, 0.3) is 0 Å². The molecule has 0 saturated heterocycles. The average molecular weight is 562 g/mol. The smallest absolute Gasteiger partial charge is 0.339 e. The molecule has 0 fully saturated rings. The first-order chi connectivity index (χ1) is 18.7. The van der Waals surface area contributed by atoms with Crippen molar-refractivity contribution < 1.29 is 78.5 Å². The molecule has 16 nitrogen and oxygen atoms in total. The van der Waals surface area contributed by atoms with Gasteiger partial charge in [-0.2, -0.15) is 0 Å². The fourth-order valence-electron chi connectivity index (χ4n) is 3.29. The Bertz CT molecular complexity index is 1340. The standard InChI is InChI=1S/C24H18O16/c25-17(26)9-5-13(21(33)34)15(7-11(9)19(29)30)23(37)39-3-1-2-4-40-24(38)16-8-12(20(31)32)10(18(27)28)6-14(16)22(35)36/h5-8H,1-4H2,(H,25,26)(H,27,28)(H,29,30)(H,31,32)(H,33,34)(H,35,36). The Labute approximate surface area is 221 Å². The molecule has 16 heteroatoms. The van der Waals surface area contributed by atoms with Gasteiger partial charge in [0.15, 0.2) is 0 Å². The lowest BCUT2D eigenvalue weighted by atomic mass is 9.98. The van der Waals surface area contributed by atoms with E-state index in [4.69, 9.17) is 19.7 Å². The van der Waals surface area contributed by atoms with Crippen LogP contribution in [-0.4, -0.2) is 91.6 Å². The summed E-state index contributed by atoms with van der Waals surface area (Å²) in [6.07, 6.45) is -0.0188. The third-order valence-corrected chi connectivity index (χ3v) is 5.14. The molecule has 0 aliphatic heterocycles. The highest BCUT2D eigenvalue weighted by molar-refractivity contribution is 6.10. The van der Waals surface area contributed by atoms with Crippen LogP contribution >= 0.6 is 0 Å². The molecule has 0 atom stereocenters. The molecular formula is C24H18O16. The molecule has 2 aromatic rings. The lowest BCUT2D eigenvalue weighted by Gasteiger charge is -2.11. The number of carboxylic acid groups (broad SMARTS) is 6. The van der Waals surface area contributed by atoms with Crippen molar-refractivity contribution in [1.82, 2.24) is 0 Å². The molecule has 0 heterocycles. The molecule has 0 unspecified atom stereocenters. The van der Waals surface area contributed by atoms with Crippen molar-refractivity contribution >= 4 is 47.8 Å². The lowest BCUT2D eigenvalue weighted by molar-refractivity contribution is 0.0426. The SMILES string of the molecule is O=C(O)c1cc(C(=O)O)c(C(=O)OCCCCOC(=O)c2cc(C(=O)O)c(C(=O)O)cc2C(=O)O)cc1C(=O)O. The van der Waals surface area contributed by atoms with Gasteiger partial charge in [-0.05, 0) is 37.1 Å². The summed E-state index contributed by atoms with van der Waals surface area (Å²) in [6.45, 7) is -0.787. The Kier molecular flexibility index (Phi) is 9.61. The number of hydrogen-bond acceptors (Lipinski definition) is 10. The van der Waals surface area contributed by atoms with Crippen molar-refractivity contribution in [3.05, 3.63) is 68.8 Å². The van der Waals surface area contributed by atoms with Crippen LogP contribution in [0.4, 0.5) is 0 Å². The van der Waals surface area contributed by atoms with Gasteiger partial charge in [-0.15, -0.1) is 0 Å². The molecular weight excluding hydrogens is 544 g/mol. The molecule has 0 bridgehead atoms. The zero-order valence-electron chi connectivity index (χ0n) is 19.9. The van der Waals surface area contributed by atoms with Gasteiger partial charge in [0, 0.05) is 0 Å². The van der Waals surface area contributed by atoms with E-state index in [1.54, 1.807) is 0 Å². The van der Waals surface area contributed by atoms with Crippen LogP contribution in [0.3, 0.4) is 0 Å². The molecule has 2 aromatic carbocycles. The summed E-state index contributed by atoms with van der Waals surface area (Å²) in [6, 6.07) is 2.13. The fourth-order valence-corrected chi connectivity index (χ4v) is 3.29. The van der Waals surface area contributed by atoms with Gasteiger partial charge in [0.05, 0.1) is 57.7 Å². The summed E-state index contributed by atoms with van der Waals surface area (Å²) >= 11 is 0. The molecule has 0 amide bonds. The van der Waals surface area contributed by atoms with Crippen LogP contribution in [-0.2, 0) is 9.47 Å². The topological polar surface area (TPSA) is 276 Å². The van der Waals surface area contributed by atoms with E-state index in [9.17, 15) is 58.8 Å². The molecule has 0 aromatic heterocycles. The summed E-state index contributed by atoms with van der Waals surface area (Å²) in [5.41, 5.74) is -6.48. The number of carbonyl (C=O) groups excluding carboxylic acids is 2. The van der Waals surface area contributed by atoms with E-state index in [0.717, 1.165) is 0 Å². The van der Waals surface area contributed by atoms with Crippen LogP contribution in [0.2, 0.25) is 0 Å². The molecule has 0 radical (unpaired) electrons. The van der Waals surface area contributed by atoms with Gasteiger partial charge in [-0.3, -0.25) is 0 Å². The Hall–Kier alpha value is -5.80. The van der Waals surface area contributed by atoms with Gasteiger partial charge in [-0.25, -0.2) is 38.4 Å². The number of carbonyl (C=O) groups is 8. The zero-order chi connectivity index (χ0) is 30.3. The molecule has 0 saturated carbocycles. The normalized spacial score (nSPS) is 10.3. The predicted molar refractivity (Wildman–Crippen MR) is 124 cm³/mol. The lowest BCUT2D eigenvalue weighted by Crippen LogP contribution is -2.18. The summed E-state index contributed by atoms with van der Waals surface area (Å²) in [5.74, 6) is -12.9. The van der Waals surface area contributed by atoms with Crippen molar-refractivity contribution in [2.45, 2.75) is 12.8 Å². The molecule has 0 aliphatic carbocycles. The Morgan fingerprint density at radius 3 is 0.825 bits per heavy atom. The van der Waals surface area contributed by atoms with Gasteiger partial charge < -0.3 is 40.1 Å². The number of rotatable bonds is 13. The van der Waals surface area contributed by atoms with E-state index in [1.165, 1.54) is 0 Å². The van der Waals surface area contributed by atoms with Crippen LogP contribution in [0.5, 0.6) is 0 Å². The Morgan fingerprint density at radius 2 is 0.600 bits per heavy atom. The van der Waals surface area contributed by atoms with Gasteiger partial charge >= 0.3 is 47.8 Å². The number of carboxylic acids is 6. The highest BCUT2D eigenvalue weighted by Crippen LogP contribution is 2.21. The van der Waals surface area contributed by atoms with Crippen molar-refractivity contribution in [3.8, 4) is 0 Å². The number of aromatic carboxylic acids is 6. The highest BCUT2D eigenvalue weighted by Gasteiger charge is 2.27. The van der Waals surface area contributed by atoms with E-state index in [-0.39, 0.29) is 12.8 Å². The molecule has 40 heavy (non-hydrogen) atoms. The maximum Gasteiger partial charge on any atom is 0.339 e. The first kappa shape index (κ1) is 30.4. The first-order valence-corrected chi connectivity index (χ1v) is 10.8. The molecule has 0 aliphatic rings. The summed E-state index contributed by atoms with van der Waals surface area (Å²) in [5, 5.41) is 55.2. The van der Waals surface area contributed by atoms with Gasteiger partial charge in [0.1, 0.15) is 0 Å². The van der Waals surface area contributed by atoms with Crippen LogP contribution in [0.25, 0.3) is 0 Å². The van der Waals surface area contributed by atoms with Crippen LogP contribution in [0.1, 0.15) is 95.7 Å². The highest BCUT2D eigenvalue weighted by atomic mass is 16.5. The summed E-state index contributed by atoms with van der Waals surface area (Å²) < 4.78 is 9.78. The number of hydrogen-bond donors (Lipinski definition) is 6. The Morgan fingerprint density at radius 1 is 0.400 bits per heavy atom. The largest absolute Gasteiger partial charge is 0.478 e. The Balaban J connectivity index is 2.06. The number of esters is 2. The number of ether oxygens (including phenoxy) is 2. The maximum absolute atomic E-state index is 12.4. The zero-order valence-corrected chi connectivity index (χ0v) is 19.9. The maximum atomic E-state index is 12.4. The van der Waals surface area contributed by atoms with Crippen LogP contribution in [0.15, 0.2) is 24.3 Å². The minimum Gasteiger partial charge on any atom is -0.478 e. The second-order valence-electron chi connectivity index (χ2n) is 7.70. The van der Waals surface area contributed by atoms with E-state index in [1.807, 2.05) is 0 Å². The fraction of sp³-hybridized carbons (Fsp3) is 0.167. The molecule has 0 spiro atoms. The average Bonchev–Trinajstić information content (AvgIpc) is 2.88. The minimum atomic E-state index is -1.73. The molecule has 6 N–H and O–H groups in total. The molecule has 2 rings (SSSR count). The summed E-state index contributed by atoms with van der Waals surface area (Å²) in [4.78, 5) is 92.8. The predicted octanol–water partition coefficient (Wildman–Crippen LogP) is 1.67. The van der Waals surface area contributed by atoms with Crippen molar-refractivity contribution in [3.63, 3.8) is 0 Å². The molecule has 210 valence electrons. The van der Waals surface area contributed by atoms with E-state index < -0.39 is 105 Å². The van der Waals surface area contributed by atoms with Crippen molar-refractivity contribution in [1.29, 1.82) is 0 Å². The third-order valence-electron chi connectivity index (χ3n) is 5.14. The van der Waals surface area contributed by atoms with Gasteiger partial charge in [-0.1, -0.05) is 0 Å². The minimum absolute atomic E-state index is 0.00939. The van der Waals surface area contributed by atoms with E-state index >= 15 is 0 Å². The number of unbranched alkanes of at least 4 members (excludes halogenated alkanes) is 1. The van der Waals surface area contributed by atoms with Crippen molar-refractivity contribution in [2.24, 2.45) is 0 Å². The number of benzene rings is 2.